The molecule has 0 saturated carbocycles. The number of hydrogen-bond donors (Lipinski definition) is 0. The lowest BCUT2D eigenvalue weighted by atomic mass is 10.3. The summed E-state index contributed by atoms with van der Waals surface area (Å²) >= 11 is 0. The van der Waals surface area contributed by atoms with E-state index < -0.39 is 36.5 Å². The maximum atomic E-state index is 12.3. The molecule has 0 unspecified atom stereocenters. The van der Waals surface area contributed by atoms with Gasteiger partial charge in [0.1, 0.15) is 0 Å². The van der Waals surface area contributed by atoms with Gasteiger partial charge < -0.3 is 0 Å². The molecule has 108 valence electrons. The lowest BCUT2D eigenvalue weighted by Crippen LogP contribution is -2.51. The van der Waals surface area contributed by atoms with Gasteiger partial charge >= 0.3 is 24.3 Å². The number of rotatable bonds is 4. The Bertz CT molecular complexity index is 323. The first-order valence-corrected chi connectivity index (χ1v) is 3.56. The van der Waals surface area contributed by atoms with Gasteiger partial charge in [0.15, 0.2) is 0 Å². The average molecular weight is 298 g/mol. The molecule has 0 amide bonds. The Labute approximate surface area is 90.8 Å². The predicted octanol–water partition coefficient (Wildman–Crippen LogP) is 4.17. The van der Waals surface area contributed by atoms with Gasteiger partial charge in [-0.15, -0.1) is 0 Å². The normalized spacial score (nSPS) is 14.6. The van der Waals surface area contributed by atoms with Gasteiger partial charge in [-0.05, 0) is 0 Å². The largest absolute Gasteiger partial charge is 0.483 e. The van der Waals surface area contributed by atoms with Crippen LogP contribution in [0.5, 0.6) is 0 Å². The van der Waals surface area contributed by atoms with Crippen LogP contribution in [0.25, 0.3) is 0 Å². The lowest BCUT2D eigenvalue weighted by molar-refractivity contribution is -0.480. The molecule has 0 spiro atoms. The third-order valence-electron chi connectivity index (χ3n) is 1.26. The second kappa shape index (κ2) is 4.55. The average Bonchev–Trinajstić information content (AvgIpc) is 1.95. The summed E-state index contributed by atoms with van der Waals surface area (Å²) < 4.78 is 131. The van der Waals surface area contributed by atoms with E-state index in [9.17, 15) is 48.3 Å². The molecule has 0 heterocycles. The van der Waals surface area contributed by atoms with Crippen LogP contribution in [0, 0.1) is 0 Å². The Morgan fingerprint density at radius 3 is 1.39 bits per heavy atom. The number of halogens is 11. The Morgan fingerprint density at radius 1 is 0.722 bits per heavy atom. The van der Waals surface area contributed by atoms with Crippen LogP contribution in [0.15, 0.2) is 12.2 Å². The van der Waals surface area contributed by atoms with Crippen LogP contribution in [0.2, 0.25) is 0 Å². The smallest absolute Gasteiger partial charge is 0.243 e. The van der Waals surface area contributed by atoms with Crippen molar-refractivity contribution in [2.24, 2.45) is 0 Å². The predicted molar refractivity (Wildman–Crippen MR) is 32.3 cm³/mol. The molecule has 0 aliphatic rings. The van der Waals surface area contributed by atoms with Crippen LogP contribution in [-0.4, -0.2) is 24.3 Å². The van der Waals surface area contributed by atoms with E-state index in [1.54, 1.807) is 4.74 Å². The van der Waals surface area contributed by atoms with Gasteiger partial charge in [-0.2, -0.15) is 48.3 Å². The Balaban J connectivity index is 5.25. The van der Waals surface area contributed by atoms with E-state index in [1.807, 2.05) is 0 Å². The second-order valence-electron chi connectivity index (χ2n) is 2.69. The molecular formula is C6HF11O. The minimum absolute atomic E-state index is 1.64. The molecule has 0 aromatic heterocycles. The fraction of sp³-hybridized carbons (Fsp3) is 0.667. The molecule has 12 heteroatoms. The highest BCUT2D eigenvalue weighted by atomic mass is 19.4. The molecule has 0 aliphatic carbocycles. The standard InChI is InChI=1S/C6HF11O/c7-2(8)1-3(9,10)5(14,15)18-6(16,17)4(11,12)13/h1H. The molecule has 0 atom stereocenters. The quantitative estimate of drug-likeness (QED) is 0.708. The highest BCUT2D eigenvalue weighted by Crippen LogP contribution is 2.46. The van der Waals surface area contributed by atoms with Crippen LogP contribution in [0.3, 0.4) is 0 Å². The molecule has 0 radical (unpaired) electrons. The maximum absolute atomic E-state index is 12.3. The van der Waals surface area contributed by atoms with E-state index in [0.29, 0.717) is 0 Å². The van der Waals surface area contributed by atoms with E-state index in [2.05, 4.69) is 0 Å². The summed E-state index contributed by atoms with van der Waals surface area (Å²) in [5.41, 5.74) is 0. The molecule has 18 heavy (non-hydrogen) atoms. The minimum Gasteiger partial charge on any atom is -0.243 e. The third kappa shape index (κ3) is 3.71. The molecule has 0 aliphatic heterocycles. The van der Waals surface area contributed by atoms with Gasteiger partial charge in [-0.1, -0.05) is 0 Å². The first kappa shape index (κ1) is 16.9. The van der Waals surface area contributed by atoms with Gasteiger partial charge in [-0.25, -0.2) is 4.74 Å². The number of hydrogen-bond acceptors (Lipinski definition) is 1. The molecule has 0 rings (SSSR count). The third-order valence-corrected chi connectivity index (χ3v) is 1.26. The topological polar surface area (TPSA) is 9.23 Å². The fourth-order valence-electron chi connectivity index (χ4n) is 0.508. The zero-order chi connectivity index (χ0) is 15.0. The van der Waals surface area contributed by atoms with Crippen molar-refractivity contribution < 1.29 is 53.0 Å². The van der Waals surface area contributed by atoms with Gasteiger partial charge in [0.05, 0.1) is 6.08 Å². The van der Waals surface area contributed by atoms with Crippen molar-refractivity contribution in [1.29, 1.82) is 0 Å². The van der Waals surface area contributed by atoms with Gasteiger partial charge in [0, 0.05) is 0 Å². The molecule has 0 N–H and O–H groups in total. The summed E-state index contributed by atoms with van der Waals surface area (Å²) in [7, 11) is 0. The van der Waals surface area contributed by atoms with Crippen molar-refractivity contribution in [2.45, 2.75) is 24.3 Å². The zero-order valence-electron chi connectivity index (χ0n) is 7.64. The molecule has 0 aromatic carbocycles. The Kier molecular flexibility index (Phi) is 4.28. The number of ether oxygens (including phenoxy) is 1. The highest BCUT2D eigenvalue weighted by molar-refractivity contribution is 5.00. The van der Waals surface area contributed by atoms with Gasteiger partial charge in [0.25, 0.3) is 6.08 Å². The van der Waals surface area contributed by atoms with Crippen LogP contribution in [0.4, 0.5) is 48.3 Å². The molecule has 0 bridgehead atoms. The van der Waals surface area contributed by atoms with Crippen LogP contribution >= 0.6 is 0 Å². The molecule has 0 fully saturated rings. The summed E-state index contributed by atoms with van der Waals surface area (Å²) in [5.74, 6) is -6.06. The summed E-state index contributed by atoms with van der Waals surface area (Å²) in [6.45, 7) is 0. The Morgan fingerprint density at radius 2 is 1.11 bits per heavy atom. The monoisotopic (exact) mass is 298 g/mol. The van der Waals surface area contributed by atoms with Crippen LogP contribution < -0.4 is 0 Å². The maximum Gasteiger partial charge on any atom is 0.483 e. The van der Waals surface area contributed by atoms with Crippen LogP contribution in [0.1, 0.15) is 0 Å². The van der Waals surface area contributed by atoms with E-state index in [4.69, 9.17) is 0 Å². The van der Waals surface area contributed by atoms with E-state index in [0.717, 1.165) is 0 Å². The zero-order valence-corrected chi connectivity index (χ0v) is 7.64. The number of alkyl halides is 9. The summed E-state index contributed by atoms with van der Waals surface area (Å²) in [5, 5.41) is 0. The summed E-state index contributed by atoms with van der Waals surface area (Å²) in [4.78, 5) is 0. The van der Waals surface area contributed by atoms with Crippen LogP contribution in [-0.2, 0) is 4.74 Å². The highest BCUT2D eigenvalue weighted by Gasteiger charge is 2.69. The van der Waals surface area contributed by atoms with Gasteiger partial charge in [-0.3, -0.25) is 0 Å². The first-order chi connectivity index (χ1) is 7.62. The SMILES string of the molecule is FC(F)=CC(F)(F)C(F)(F)OC(F)(F)C(F)(F)F. The fourth-order valence-corrected chi connectivity index (χ4v) is 0.508. The molecule has 0 saturated heterocycles. The van der Waals surface area contributed by atoms with E-state index in [1.165, 1.54) is 0 Å². The van der Waals surface area contributed by atoms with Crippen molar-refractivity contribution in [1.82, 2.24) is 0 Å². The van der Waals surface area contributed by atoms with E-state index >= 15 is 0 Å². The summed E-state index contributed by atoms with van der Waals surface area (Å²) in [6, 6.07) is 0. The molecule has 1 nitrogen and oxygen atoms in total. The van der Waals surface area contributed by atoms with Crippen molar-refractivity contribution >= 4 is 0 Å². The first-order valence-electron chi connectivity index (χ1n) is 3.56. The van der Waals surface area contributed by atoms with Gasteiger partial charge in [0.2, 0.25) is 0 Å². The van der Waals surface area contributed by atoms with Crippen molar-refractivity contribution in [2.75, 3.05) is 0 Å². The summed E-state index contributed by atoms with van der Waals surface area (Å²) in [6.07, 6.45) is -25.1. The van der Waals surface area contributed by atoms with Crippen molar-refractivity contribution in [3.8, 4) is 0 Å². The Hall–Kier alpha value is -1.07. The second-order valence-corrected chi connectivity index (χ2v) is 2.69. The van der Waals surface area contributed by atoms with E-state index in [-0.39, 0.29) is 0 Å². The lowest BCUT2D eigenvalue weighted by Gasteiger charge is -2.28. The van der Waals surface area contributed by atoms with Crippen molar-refractivity contribution in [3.05, 3.63) is 12.2 Å². The van der Waals surface area contributed by atoms with Crippen molar-refractivity contribution in [3.63, 3.8) is 0 Å². The minimum atomic E-state index is -6.72. The molecular weight excluding hydrogens is 297 g/mol. The molecule has 0 aromatic rings.